The van der Waals surface area contributed by atoms with Gasteiger partial charge in [0.1, 0.15) is 5.78 Å². The van der Waals surface area contributed by atoms with E-state index in [0.717, 1.165) is 49.4 Å². The van der Waals surface area contributed by atoms with Gasteiger partial charge in [0.05, 0.1) is 6.10 Å². The Kier molecular flexibility index (Phi) is 10.8. The Morgan fingerprint density at radius 3 is 2.21 bits per heavy atom. The molecule has 7 atom stereocenters. The van der Waals surface area contributed by atoms with Gasteiger partial charge < -0.3 is 5.11 Å². The van der Waals surface area contributed by atoms with E-state index in [1.54, 1.807) is 0 Å². The van der Waals surface area contributed by atoms with Crippen LogP contribution in [-0.4, -0.2) is 17.0 Å². The van der Waals surface area contributed by atoms with E-state index in [-0.39, 0.29) is 12.0 Å². The summed E-state index contributed by atoms with van der Waals surface area (Å²) in [5.41, 5.74) is 0. The third-order valence-corrected chi connectivity index (χ3v) is 10.5. The van der Waals surface area contributed by atoms with Gasteiger partial charge in [0.25, 0.3) is 0 Å². The van der Waals surface area contributed by atoms with Gasteiger partial charge in [-0.15, -0.1) is 0 Å². The smallest absolute Gasteiger partial charge is 0.135 e. The van der Waals surface area contributed by atoms with E-state index >= 15 is 0 Å². The number of ketones is 1. The second kappa shape index (κ2) is 13.1. The Bertz CT molecular complexity index is 575. The van der Waals surface area contributed by atoms with Crippen molar-refractivity contribution in [2.24, 2.45) is 53.3 Å². The molecule has 0 saturated heterocycles. The third kappa shape index (κ3) is 8.08. The minimum Gasteiger partial charge on any atom is -0.393 e. The first-order chi connectivity index (χ1) is 15.7. The van der Waals surface area contributed by atoms with Gasteiger partial charge in [-0.2, -0.15) is 0 Å². The number of Topliss-reactive ketones (excluding diaryl/α,β-unsaturated/α-hetero) is 1. The summed E-state index contributed by atoms with van der Waals surface area (Å²) in [5, 5.41) is 10.9. The predicted octanol–water partition coefficient (Wildman–Crippen LogP) is 8.45. The van der Waals surface area contributed by atoms with Crippen molar-refractivity contribution in [1.29, 1.82) is 0 Å². The molecule has 3 saturated carbocycles. The third-order valence-electron chi connectivity index (χ3n) is 10.5. The fraction of sp³-hybridized carbons (Fsp3) is 0.968. The Morgan fingerprint density at radius 2 is 1.58 bits per heavy atom. The van der Waals surface area contributed by atoms with Gasteiger partial charge in [0.2, 0.25) is 0 Å². The molecule has 0 radical (unpaired) electrons. The van der Waals surface area contributed by atoms with Crippen LogP contribution >= 0.6 is 0 Å². The fourth-order valence-electron chi connectivity index (χ4n) is 7.79. The van der Waals surface area contributed by atoms with Crippen molar-refractivity contribution in [3.05, 3.63) is 0 Å². The van der Waals surface area contributed by atoms with Crippen LogP contribution in [0.4, 0.5) is 0 Å². The first-order valence-corrected chi connectivity index (χ1v) is 14.9. The van der Waals surface area contributed by atoms with E-state index in [2.05, 4.69) is 34.6 Å². The van der Waals surface area contributed by atoms with Crippen LogP contribution in [0, 0.1) is 53.3 Å². The average Bonchev–Trinajstić information content (AvgIpc) is 3.22. The van der Waals surface area contributed by atoms with E-state index in [4.69, 9.17) is 0 Å². The lowest BCUT2D eigenvalue weighted by atomic mass is 9.70. The second-order valence-electron chi connectivity index (χ2n) is 13.3. The van der Waals surface area contributed by atoms with Crippen molar-refractivity contribution in [1.82, 2.24) is 0 Å². The zero-order valence-corrected chi connectivity index (χ0v) is 22.7. The molecule has 0 bridgehead atoms. The molecule has 3 aliphatic carbocycles. The maximum Gasteiger partial charge on any atom is 0.135 e. The molecule has 2 nitrogen and oxygen atoms in total. The Morgan fingerprint density at radius 1 is 0.879 bits per heavy atom. The zero-order valence-electron chi connectivity index (χ0n) is 22.7. The minimum atomic E-state index is -0.145. The van der Waals surface area contributed by atoms with Crippen molar-refractivity contribution in [2.75, 3.05) is 0 Å². The van der Waals surface area contributed by atoms with E-state index in [1.165, 1.54) is 70.6 Å². The average molecular weight is 461 g/mol. The fourth-order valence-corrected chi connectivity index (χ4v) is 7.79. The van der Waals surface area contributed by atoms with Gasteiger partial charge in [0, 0.05) is 12.3 Å². The highest BCUT2D eigenvalue weighted by atomic mass is 16.3. The van der Waals surface area contributed by atoms with Crippen molar-refractivity contribution < 1.29 is 9.90 Å². The Hall–Kier alpha value is -0.370. The van der Waals surface area contributed by atoms with Crippen LogP contribution in [0.15, 0.2) is 0 Å². The van der Waals surface area contributed by atoms with Crippen LogP contribution in [0.2, 0.25) is 0 Å². The van der Waals surface area contributed by atoms with Crippen molar-refractivity contribution in [3.8, 4) is 0 Å². The van der Waals surface area contributed by atoms with Crippen molar-refractivity contribution in [2.45, 2.75) is 137 Å². The lowest BCUT2D eigenvalue weighted by Gasteiger charge is -2.35. The molecule has 0 heterocycles. The summed E-state index contributed by atoms with van der Waals surface area (Å²) in [4.78, 5) is 13.1. The molecule has 0 aliphatic heterocycles. The van der Waals surface area contributed by atoms with E-state index in [0.29, 0.717) is 29.5 Å². The van der Waals surface area contributed by atoms with Crippen LogP contribution in [0.1, 0.15) is 131 Å². The van der Waals surface area contributed by atoms with Gasteiger partial charge >= 0.3 is 0 Å². The summed E-state index contributed by atoms with van der Waals surface area (Å²) in [7, 11) is 0. The van der Waals surface area contributed by atoms with Crippen LogP contribution in [0.25, 0.3) is 0 Å². The highest BCUT2D eigenvalue weighted by molar-refractivity contribution is 5.80. The molecule has 33 heavy (non-hydrogen) atoms. The maximum absolute atomic E-state index is 13.1. The van der Waals surface area contributed by atoms with Crippen LogP contribution in [0.5, 0.6) is 0 Å². The number of aliphatic hydroxyl groups excluding tert-OH is 1. The number of hydrogen-bond donors (Lipinski definition) is 1. The van der Waals surface area contributed by atoms with Crippen molar-refractivity contribution in [3.63, 3.8) is 0 Å². The maximum atomic E-state index is 13.1. The largest absolute Gasteiger partial charge is 0.393 e. The quantitative estimate of drug-likeness (QED) is 0.336. The van der Waals surface area contributed by atoms with Gasteiger partial charge in [-0.05, 0) is 92.3 Å². The minimum absolute atomic E-state index is 0.145. The Labute approximate surface area is 206 Å². The molecule has 0 spiro atoms. The first-order valence-electron chi connectivity index (χ1n) is 14.9. The topological polar surface area (TPSA) is 37.3 Å². The molecular formula is C31H56O2. The number of carbonyl (C=O) groups excluding carboxylic acids is 1. The molecular weight excluding hydrogens is 404 g/mol. The normalized spacial score (nSPS) is 36.0. The molecule has 2 heteroatoms. The van der Waals surface area contributed by atoms with Gasteiger partial charge in [0.15, 0.2) is 0 Å². The van der Waals surface area contributed by atoms with Crippen LogP contribution in [-0.2, 0) is 4.79 Å². The number of hydrogen-bond acceptors (Lipinski definition) is 2. The molecule has 0 aromatic carbocycles. The van der Waals surface area contributed by atoms with Crippen LogP contribution < -0.4 is 0 Å². The summed E-state index contributed by atoms with van der Waals surface area (Å²) < 4.78 is 0. The summed E-state index contributed by atoms with van der Waals surface area (Å²) in [6.07, 6.45) is 18.3. The summed E-state index contributed by atoms with van der Waals surface area (Å²) >= 11 is 0. The van der Waals surface area contributed by atoms with Crippen LogP contribution in [0.3, 0.4) is 0 Å². The second-order valence-corrected chi connectivity index (χ2v) is 13.3. The highest BCUT2D eigenvalue weighted by Crippen LogP contribution is 2.45. The monoisotopic (exact) mass is 460 g/mol. The highest BCUT2D eigenvalue weighted by Gasteiger charge is 2.35. The summed E-state index contributed by atoms with van der Waals surface area (Å²) in [6, 6.07) is 0. The molecule has 3 aliphatic rings. The SMILES string of the molecule is CC1CCC([C@@H](O)CC(CC[C@H](C)C(=O)CC2CCCC([C@@H]3CCCC3C)C2)C(C)C)CC1. The molecule has 192 valence electrons. The van der Waals surface area contributed by atoms with E-state index in [9.17, 15) is 9.90 Å². The molecule has 3 fully saturated rings. The Balaban J connectivity index is 1.42. The van der Waals surface area contributed by atoms with Gasteiger partial charge in [-0.3, -0.25) is 4.79 Å². The first kappa shape index (κ1) is 27.2. The van der Waals surface area contributed by atoms with Gasteiger partial charge in [-0.25, -0.2) is 0 Å². The summed E-state index contributed by atoms with van der Waals surface area (Å²) in [6.45, 7) is 11.6. The molecule has 3 rings (SSSR count). The number of aliphatic hydroxyl groups is 1. The standard InChI is InChI=1S/C31H56O2/c1-21(2)27(20-31(33)26-15-12-22(3)13-16-26)17-14-24(5)30(32)19-25-9-7-10-28(18-25)29-11-6-8-23(29)4/h21-29,31,33H,6-20H2,1-5H3/t22?,23?,24-,25?,26?,27?,28?,29+,31-/m0/s1. The lowest BCUT2D eigenvalue weighted by Crippen LogP contribution is -2.29. The number of carbonyl (C=O) groups is 1. The van der Waals surface area contributed by atoms with Gasteiger partial charge in [-0.1, -0.05) is 79.6 Å². The summed E-state index contributed by atoms with van der Waals surface area (Å²) in [5.74, 6) is 6.53. The molecule has 4 unspecified atom stereocenters. The zero-order chi connectivity index (χ0) is 24.0. The predicted molar refractivity (Wildman–Crippen MR) is 140 cm³/mol. The van der Waals surface area contributed by atoms with E-state index < -0.39 is 0 Å². The van der Waals surface area contributed by atoms with E-state index in [1.807, 2.05) is 0 Å². The lowest BCUT2D eigenvalue weighted by molar-refractivity contribution is -0.124. The molecule has 0 aromatic heterocycles. The molecule has 0 amide bonds. The van der Waals surface area contributed by atoms with Crippen molar-refractivity contribution >= 4 is 5.78 Å². The molecule has 1 N–H and O–H groups in total. The molecule has 0 aromatic rings. The number of rotatable bonds is 11.